The Bertz CT molecular complexity index is 1020. The number of carbonyl (C=O) groups excluding carboxylic acids is 2. The highest BCUT2D eigenvalue weighted by Crippen LogP contribution is 2.31. The molecule has 0 spiro atoms. The van der Waals surface area contributed by atoms with Crippen LogP contribution in [0.1, 0.15) is 39.3 Å². The Morgan fingerprint density at radius 1 is 1.14 bits per heavy atom. The largest absolute Gasteiger partial charge is 0.445 e. The first-order chi connectivity index (χ1) is 13.5. The minimum absolute atomic E-state index is 0.330. The molecule has 4 rings (SSSR count). The van der Waals surface area contributed by atoms with E-state index < -0.39 is 11.6 Å². The molecule has 0 radical (unpaired) electrons. The van der Waals surface area contributed by atoms with E-state index >= 15 is 0 Å². The van der Waals surface area contributed by atoms with Gasteiger partial charge in [0, 0.05) is 16.3 Å². The van der Waals surface area contributed by atoms with Crippen LogP contribution >= 0.6 is 22.9 Å². The van der Waals surface area contributed by atoms with Crippen LogP contribution in [-0.4, -0.2) is 17.5 Å². The van der Waals surface area contributed by atoms with Crippen molar-refractivity contribution in [3.8, 4) is 0 Å². The van der Waals surface area contributed by atoms with Gasteiger partial charge < -0.3 is 10.1 Å². The summed E-state index contributed by atoms with van der Waals surface area (Å²) in [5, 5.41) is 5.66. The monoisotopic (exact) mass is 411 g/mol. The van der Waals surface area contributed by atoms with Gasteiger partial charge in [-0.2, -0.15) is 0 Å². The number of esters is 1. The van der Waals surface area contributed by atoms with Crippen LogP contribution in [0.5, 0.6) is 0 Å². The van der Waals surface area contributed by atoms with Gasteiger partial charge in [0.15, 0.2) is 5.60 Å². The number of rotatable bonds is 4. The van der Waals surface area contributed by atoms with Crippen LogP contribution in [0.15, 0.2) is 66.0 Å². The molecular weight excluding hydrogens is 394 g/mol. The zero-order valence-electron chi connectivity index (χ0n) is 15.1. The van der Waals surface area contributed by atoms with Crippen molar-refractivity contribution in [1.29, 1.82) is 0 Å². The first-order valence-electron chi connectivity index (χ1n) is 8.87. The summed E-state index contributed by atoms with van der Waals surface area (Å²) in [5.41, 5.74) is 0.968. The number of hydrogen-bond acceptors (Lipinski definition) is 4. The van der Waals surface area contributed by atoms with Crippen molar-refractivity contribution in [2.45, 2.75) is 25.0 Å². The van der Waals surface area contributed by atoms with Crippen LogP contribution in [0.3, 0.4) is 0 Å². The molecule has 0 bridgehead atoms. The lowest BCUT2D eigenvalue weighted by molar-refractivity contribution is -0.140. The van der Waals surface area contributed by atoms with E-state index in [1.165, 1.54) is 0 Å². The molecule has 0 saturated carbocycles. The number of cyclic esters (lactones) is 1. The number of ether oxygens (including phenoxy) is 1. The minimum atomic E-state index is -1.27. The zero-order chi connectivity index (χ0) is 19.7. The van der Waals surface area contributed by atoms with Gasteiger partial charge in [-0.1, -0.05) is 48.0 Å². The van der Waals surface area contributed by atoms with Gasteiger partial charge in [-0.3, -0.25) is 4.79 Å². The summed E-state index contributed by atoms with van der Waals surface area (Å²) in [6.07, 6.45) is 0.332. The van der Waals surface area contributed by atoms with E-state index in [0.717, 1.165) is 16.0 Å². The molecule has 142 valence electrons. The van der Waals surface area contributed by atoms with Gasteiger partial charge in [0.2, 0.25) is 0 Å². The molecule has 2 atom stereocenters. The number of amides is 1. The minimum Gasteiger partial charge on any atom is -0.445 e. The maximum Gasteiger partial charge on any atom is 0.339 e. The molecule has 6 heteroatoms. The average Bonchev–Trinajstić information content (AvgIpc) is 3.21. The molecule has 1 N–H and O–H groups in total. The fourth-order valence-corrected chi connectivity index (χ4v) is 4.30. The number of nitrogens with one attached hydrogen (secondary N) is 1. The summed E-state index contributed by atoms with van der Waals surface area (Å²) in [6, 6.07) is 18.1. The van der Waals surface area contributed by atoms with Gasteiger partial charge in [-0.25, -0.2) is 4.79 Å². The van der Waals surface area contributed by atoms with Crippen LogP contribution in [0.25, 0.3) is 0 Å². The smallest absolute Gasteiger partial charge is 0.339 e. The quantitative estimate of drug-likeness (QED) is 0.628. The third-order valence-electron chi connectivity index (χ3n) is 4.87. The van der Waals surface area contributed by atoms with E-state index in [2.05, 4.69) is 5.32 Å². The number of hydrogen-bond donors (Lipinski definition) is 1. The Morgan fingerprint density at radius 3 is 2.61 bits per heavy atom. The van der Waals surface area contributed by atoms with Gasteiger partial charge in [-0.05, 0) is 47.7 Å². The van der Waals surface area contributed by atoms with Crippen LogP contribution in [-0.2, 0) is 16.0 Å². The molecule has 2 heterocycles. The van der Waals surface area contributed by atoms with Gasteiger partial charge >= 0.3 is 5.97 Å². The Labute approximate surface area is 172 Å². The standard InChI is InChI=1S/C22H18ClNO3S/c1-22(13-15-5-2-3-6-17(15)20(25)27-22)21(26)24-19(18-7-4-12-28-18)14-8-10-16(23)11-9-14/h2-12,19H,13H2,1H3,(H,24,26). The fraction of sp³-hybridized carbons (Fsp3) is 0.182. The maximum atomic E-state index is 13.2. The third-order valence-corrected chi connectivity index (χ3v) is 6.06. The lowest BCUT2D eigenvalue weighted by Crippen LogP contribution is -2.52. The number of carbonyl (C=O) groups is 2. The highest BCUT2D eigenvalue weighted by molar-refractivity contribution is 7.10. The Hall–Kier alpha value is -2.63. The van der Waals surface area contributed by atoms with Crippen LogP contribution < -0.4 is 5.32 Å². The highest BCUT2D eigenvalue weighted by atomic mass is 35.5. The summed E-state index contributed by atoms with van der Waals surface area (Å²) < 4.78 is 5.57. The van der Waals surface area contributed by atoms with Gasteiger partial charge in [0.05, 0.1) is 11.6 Å². The molecular formula is C22H18ClNO3S. The highest BCUT2D eigenvalue weighted by Gasteiger charge is 2.43. The average molecular weight is 412 g/mol. The van der Waals surface area contributed by atoms with E-state index in [1.807, 2.05) is 41.8 Å². The first-order valence-corrected chi connectivity index (χ1v) is 10.1. The molecule has 0 saturated heterocycles. The van der Waals surface area contributed by atoms with Crippen molar-refractivity contribution in [1.82, 2.24) is 5.32 Å². The van der Waals surface area contributed by atoms with Gasteiger partial charge in [0.25, 0.3) is 5.91 Å². The number of thiophene rings is 1. The number of halogens is 1. The SMILES string of the molecule is CC1(C(=O)NC(c2ccc(Cl)cc2)c2cccs2)Cc2ccccc2C(=O)O1. The molecule has 3 aromatic rings. The van der Waals surface area contributed by atoms with E-state index in [-0.39, 0.29) is 11.9 Å². The molecule has 0 fully saturated rings. The summed E-state index contributed by atoms with van der Waals surface area (Å²) in [7, 11) is 0. The molecule has 4 nitrogen and oxygen atoms in total. The Balaban J connectivity index is 1.63. The predicted octanol–water partition coefficient (Wildman–Crippen LogP) is 4.78. The van der Waals surface area contributed by atoms with Crippen molar-refractivity contribution in [3.05, 3.63) is 92.6 Å². The maximum absolute atomic E-state index is 13.2. The second-order valence-electron chi connectivity index (χ2n) is 6.93. The second-order valence-corrected chi connectivity index (χ2v) is 8.34. The molecule has 1 aromatic heterocycles. The van der Waals surface area contributed by atoms with Crippen LogP contribution in [0, 0.1) is 0 Å². The number of fused-ring (bicyclic) bond motifs is 1. The predicted molar refractivity (Wildman–Crippen MR) is 110 cm³/mol. The molecule has 2 unspecified atom stereocenters. The molecule has 1 amide bonds. The van der Waals surface area contributed by atoms with Crippen molar-refractivity contribution < 1.29 is 14.3 Å². The summed E-state index contributed by atoms with van der Waals surface area (Å²) in [6.45, 7) is 1.66. The van der Waals surface area contributed by atoms with Crippen LogP contribution in [0.2, 0.25) is 5.02 Å². The molecule has 28 heavy (non-hydrogen) atoms. The molecule has 1 aliphatic rings. The Morgan fingerprint density at radius 2 is 1.89 bits per heavy atom. The van der Waals surface area contributed by atoms with E-state index in [9.17, 15) is 9.59 Å². The second kappa shape index (κ2) is 7.41. The number of benzene rings is 2. The molecule has 1 aliphatic heterocycles. The molecule has 0 aliphatic carbocycles. The summed E-state index contributed by atoms with van der Waals surface area (Å²) in [4.78, 5) is 26.6. The van der Waals surface area contributed by atoms with E-state index in [4.69, 9.17) is 16.3 Å². The van der Waals surface area contributed by atoms with E-state index in [0.29, 0.717) is 17.0 Å². The van der Waals surface area contributed by atoms with Gasteiger partial charge in [0.1, 0.15) is 0 Å². The normalized spacial score (nSPS) is 19.4. The lowest BCUT2D eigenvalue weighted by Gasteiger charge is -2.34. The van der Waals surface area contributed by atoms with Crippen molar-refractivity contribution in [2.75, 3.05) is 0 Å². The van der Waals surface area contributed by atoms with Crippen molar-refractivity contribution >= 4 is 34.8 Å². The fourth-order valence-electron chi connectivity index (χ4n) is 3.37. The van der Waals surface area contributed by atoms with Crippen molar-refractivity contribution in [3.63, 3.8) is 0 Å². The lowest BCUT2D eigenvalue weighted by atomic mass is 9.89. The molecule has 2 aromatic carbocycles. The van der Waals surface area contributed by atoms with Gasteiger partial charge in [-0.15, -0.1) is 11.3 Å². The Kier molecular flexibility index (Phi) is 4.96. The first kappa shape index (κ1) is 18.7. The zero-order valence-corrected chi connectivity index (χ0v) is 16.7. The van der Waals surface area contributed by atoms with E-state index in [1.54, 1.807) is 42.5 Å². The van der Waals surface area contributed by atoms with Crippen LogP contribution in [0.4, 0.5) is 0 Å². The summed E-state index contributed by atoms with van der Waals surface area (Å²) in [5.74, 6) is -0.803. The topological polar surface area (TPSA) is 55.4 Å². The van der Waals surface area contributed by atoms with Crippen molar-refractivity contribution in [2.24, 2.45) is 0 Å². The third kappa shape index (κ3) is 3.55. The summed E-state index contributed by atoms with van der Waals surface area (Å²) >= 11 is 7.56.